The normalized spacial score (nSPS) is 29.1. The van der Waals surface area contributed by atoms with Crippen LogP contribution >= 0.6 is 11.3 Å². The van der Waals surface area contributed by atoms with Crippen LogP contribution in [0.3, 0.4) is 0 Å². The molecule has 0 radical (unpaired) electrons. The second-order valence-corrected chi connectivity index (χ2v) is 8.52. The Morgan fingerprint density at radius 3 is 2.71 bits per heavy atom. The first-order valence-corrected chi connectivity index (χ1v) is 10.2. The van der Waals surface area contributed by atoms with E-state index in [2.05, 4.69) is 27.1 Å². The number of hydrogen-bond acceptors (Lipinski definition) is 6. The molecule has 0 unspecified atom stereocenters. The summed E-state index contributed by atoms with van der Waals surface area (Å²) in [5, 5.41) is 3.38. The summed E-state index contributed by atoms with van der Waals surface area (Å²) < 4.78 is 11.8. The maximum Gasteiger partial charge on any atom is 0.0897 e. The highest BCUT2D eigenvalue weighted by atomic mass is 32.1. The summed E-state index contributed by atoms with van der Waals surface area (Å²) in [7, 11) is 0. The van der Waals surface area contributed by atoms with Crippen LogP contribution < -0.4 is 0 Å². The molecule has 134 valence electrons. The number of aromatic nitrogens is 1. The van der Waals surface area contributed by atoms with E-state index in [4.69, 9.17) is 9.47 Å². The molecule has 3 saturated heterocycles. The lowest BCUT2D eigenvalue weighted by atomic mass is 9.83. The first-order valence-electron chi connectivity index (χ1n) is 9.32. The third kappa shape index (κ3) is 3.83. The van der Waals surface area contributed by atoms with Gasteiger partial charge in [0.25, 0.3) is 0 Å². The van der Waals surface area contributed by atoms with Crippen molar-refractivity contribution in [2.24, 2.45) is 0 Å². The summed E-state index contributed by atoms with van der Waals surface area (Å²) in [6, 6.07) is 0.695. The van der Waals surface area contributed by atoms with Gasteiger partial charge in [-0.25, -0.2) is 4.98 Å². The fraction of sp³-hybridized carbons (Fsp3) is 0.833. The van der Waals surface area contributed by atoms with Gasteiger partial charge in [0.05, 0.1) is 16.3 Å². The number of hydrogen-bond donors (Lipinski definition) is 0. The maximum absolute atomic E-state index is 6.21. The van der Waals surface area contributed by atoms with Gasteiger partial charge in [0.15, 0.2) is 0 Å². The van der Waals surface area contributed by atoms with Crippen LogP contribution in [-0.4, -0.2) is 72.4 Å². The molecule has 0 bridgehead atoms. The second kappa shape index (κ2) is 7.38. The van der Waals surface area contributed by atoms with Crippen LogP contribution in [0.2, 0.25) is 0 Å². The number of aryl methyl sites for hydroxylation is 1. The van der Waals surface area contributed by atoms with Crippen molar-refractivity contribution in [3.05, 3.63) is 16.1 Å². The molecule has 1 aromatic rings. The van der Waals surface area contributed by atoms with Crippen LogP contribution in [-0.2, 0) is 16.0 Å². The van der Waals surface area contributed by atoms with E-state index in [1.165, 1.54) is 36.6 Å². The van der Waals surface area contributed by atoms with Crippen LogP contribution in [0.25, 0.3) is 0 Å². The van der Waals surface area contributed by atoms with E-state index in [-0.39, 0.29) is 5.60 Å². The minimum absolute atomic E-state index is 0.108. The molecular weight excluding hydrogens is 322 g/mol. The predicted octanol–water partition coefficient (Wildman–Crippen LogP) is 2.30. The van der Waals surface area contributed by atoms with Crippen LogP contribution in [0, 0.1) is 6.92 Å². The Bertz CT molecular complexity index is 531. The van der Waals surface area contributed by atoms with Crippen molar-refractivity contribution >= 4 is 11.3 Å². The first kappa shape index (κ1) is 16.9. The summed E-state index contributed by atoms with van der Waals surface area (Å²) in [5.74, 6) is 0. The van der Waals surface area contributed by atoms with Crippen molar-refractivity contribution in [1.82, 2.24) is 14.8 Å². The van der Waals surface area contributed by atoms with Crippen molar-refractivity contribution in [2.45, 2.75) is 50.8 Å². The molecule has 1 aromatic heterocycles. The quantitative estimate of drug-likeness (QED) is 0.835. The zero-order chi connectivity index (χ0) is 16.4. The minimum Gasteiger partial charge on any atom is -0.381 e. The van der Waals surface area contributed by atoms with Crippen LogP contribution in [0.15, 0.2) is 5.38 Å². The smallest absolute Gasteiger partial charge is 0.0897 e. The molecule has 0 N–H and O–H groups in total. The van der Waals surface area contributed by atoms with E-state index in [9.17, 15) is 0 Å². The van der Waals surface area contributed by atoms with Crippen molar-refractivity contribution in [2.75, 3.05) is 46.0 Å². The van der Waals surface area contributed by atoms with E-state index in [1.54, 1.807) is 11.3 Å². The number of rotatable bonds is 3. The minimum atomic E-state index is 0.108. The Kier molecular flexibility index (Phi) is 5.20. The summed E-state index contributed by atoms with van der Waals surface area (Å²) in [5.41, 5.74) is 1.34. The molecule has 3 aliphatic rings. The Morgan fingerprint density at radius 2 is 2.00 bits per heavy atom. The molecule has 6 heteroatoms. The van der Waals surface area contributed by atoms with Gasteiger partial charge in [-0.1, -0.05) is 0 Å². The largest absolute Gasteiger partial charge is 0.381 e. The SMILES string of the molecule is Cc1nc(CN2CCN([C@H]3CCOC4(CCOCC4)C3)CC2)cs1. The maximum atomic E-state index is 6.21. The summed E-state index contributed by atoms with van der Waals surface area (Å²) in [6.45, 7) is 10.4. The van der Waals surface area contributed by atoms with Gasteiger partial charge in [-0.15, -0.1) is 11.3 Å². The van der Waals surface area contributed by atoms with Crippen LogP contribution in [0.4, 0.5) is 0 Å². The standard InChI is InChI=1S/C18H29N3O2S/c1-15-19-16(14-24-15)13-20-5-7-21(8-6-20)17-2-9-23-18(12-17)3-10-22-11-4-18/h14,17H,2-13H2,1H3/t17-/m0/s1. The van der Waals surface area contributed by atoms with Gasteiger partial charge in [-0.3, -0.25) is 9.80 Å². The molecule has 0 aromatic carbocycles. The third-order valence-corrected chi connectivity index (χ3v) is 6.67. The highest BCUT2D eigenvalue weighted by Crippen LogP contribution is 2.36. The first-order chi connectivity index (χ1) is 11.7. The molecule has 4 heterocycles. The fourth-order valence-corrected chi connectivity index (χ4v) is 5.01. The summed E-state index contributed by atoms with van der Waals surface area (Å²) in [6.07, 6.45) is 4.54. The van der Waals surface area contributed by atoms with Crippen molar-refractivity contribution in [1.29, 1.82) is 0 Å². The average molecular weight is 352 g/mol. The second-order valence-electron chi connectivity index (χ2n) is 7.46. The van der Waals surface area contributed by atoms with Gasteiger partial charge >= 0.3 is 0 Å². The van der Waals surface area contributed by atoms with Crippen molar-refractivity contribution in [3.8, 4) is 0 Å². The molecule has 0 saturated carbocycles. The van der Waals surface area contributed by atoms with Gasteiger partial charge in [-0.2, -0.15) is 0 Å². The number of ether oxygens (including phenoxy) is 2. The fourth-order valence-electron chi connectivity index (χ4n) is 4.40. The Morgan fingerprint density at radius 1 is 1.21 bits per heavy atom. The number of piperazine rings is 1. The zero-order valence-corrected chi connectivity index (χ0v) is 15.5. The topological polar surface area (TPSA) is 37.8 Å². The molecule has 5 nitrogen and oxygen atoms in total. The zero-order valence-electron chi connectivity index (χ0n) is 14.7. The van der Waals surface area contributed by atoms with E-state index < -0.39 is 0 Å². The average Bonchev–Trinajstić information content (AvgIpc) is 3.01. The molecule has 3 aliphatic heterocycles. The van der Waals surface area contributed by atoms with E-state index in [0.717, 1.165) is 52.3 Å². The Labute approximate surface area is 148 Å². The summed E-state index contributed by atoms with van der Waals surface area (Å²) >= 11 is 1.76. The molecular formula is C18H29N3O2S. The summed E-state index contributed by atoms with van der Waals surface area (Å²) in [4.78, 5) is 9.87. The van der Waals surface area contributed by atoms with E-state index in [1.807, 2.05) is 0 Å². The highest BCUT2D eigenvalue weighted by molar-refractivity contribution is 7.09. The lowest BCUT2D eigenvalue weighted by Gasteiger charge is -2.48. The van der Waals surface area contributed by atoms with Crippen molar-refractivity contribution in [3.63, 3.8) is 0 Å². The van der Waals surface area contributed by atoms with Gasteiger partial charge in [0.2, 0.25) is 0 Å². The predicted molar refractivity (Wildman–Crippen MR) is 95.5 cm³/mol. The molecule has 0 aliphatic carbocycles. The molecule has 24 heavy (non-hydrogen) atoms. The molecule has 3 fully saturated rings. The Hall–Kier alpha value is -0.530. The highest BCUT2D eigenvalue weighted by Gasteiger charge is 2.41. The lowest BCUT2D eigenvalue weighted by Crippen LogP contribution is -2.55. The van der Waals surface area contributed by atoms with Gasteiger partial charge in [0.1, 0.15) is 0 Å². The Balaban J connectivity index is 1.29. The van der Waals surface area contributed by atoms with Crippen LogP contribution in [0.1, 0.15) is 36.4 Å². The molecule has 1 spiro atoms. The number of thiazole rings is 1. The van der Waals surface area contributed by atoms with Gasteiger partial charge in [-0.05, 0) is 32.6 Å². The van der Waals surface area contributed by atoms with E-state index >= 15 is 0 Å². The third-order valence-electron chi connectivity index (χ3n) is 5.85. The molecule has 4 rings (SSSR count). The molecule has 1 atom stereocenters. The monoisotopic (exact) mass is 351 g/mol. The molecule has 0 amide bonds. The number of nitrogens with zero attached hydrogens (tertiary/aromatic N) is 3. The van der Waals surface area contributed by atoms with Crippen molar-refractivity contribution < 1.29 is 9.47 Å². The van der Waals surface area contributed by atoms with E-state index in [0.29, 0.717) is 6.04 Å². The lowest BCUT2D eigenvalue weighted by molar-refractivity contribution is -0.153. The van der Waals surface area contributed by atoms with Gasteiger partial charge in [0, 0.05) is 64.0 Å². The van der Waals surface area contributed by atoms with Crippen LogP contribution in [0.5, 0.6) is 0 Å². The van der Waals surface area contributed by atoms with Gasteiger partial charge < -0.3 is 9.47 Å².